The Morgan fingerprint density at radius 1 is 1.06 bits per heavy atom. The molecule has 0 saturated carbocycles. The standard InChI is InChI=1S/C15H26NOP/c1-13(2)16(14(3)4)10-11-18-17-12-15-8-6-5-7-9-15/h5-9,13-14,18H,10-12H2,1-4H3. The fourth-order valence-corrected chi connectivity index (χ4v) is 2.83. The molecule has 0 bridgehead atoms. The van der Waals surface area contributed by atoms with Crippen LogP contribution in [0.5, 0.6) is 0 Å². The average Bonchev–Trinajstić information content (AvgIpc) is 2.34. The Bertz CT molecular complexity index is 306. The van der Waals surface area contributed by atoms with Crippen LogP contribution in [-0.4, -0.2) is 29.7 Å². The molecular weight excluding hydrogens is 241 g/mol. The van der Waals surface area contributed by atoms with E-state index in [1.165, 1.54) is 5.56 Å². The molecule has 1 atom stereocenters. The fourth-order valence-electron chi connectivity index (χ4n) is 2.07. The Kier molecular flexibility index (Phi) is 7.50. The lowest BCUT2D eigenvalue weighted by Crippen LogP contribution is -2.38. The van der Waals surface area contributed by atoms with E-state index < -0.39 is 0 Å². The molecule has 102 valence electrons. The van der Waals surface area contributed by atoms with E-state index in [0.29, 0.717) is 20.9 Å². The summed E-state index contributed by atoms with van der Waals surface area (Å²) >= 11 is 0. The predicted octanol–water partition coefficient (Wildman–Crippen LogP) is 3.92. The van der Waals surface area contributed by atoms with Gasteiger partial charge in [-0.15, -0.1) is 0 Å². The van der Waals surface area contributed by atoms with Crippen LogP contribution in [0.3, 0.4) is 0 Å². The first-order valence-corrected chi connectivity index (χ1v) is 7.87. The van der Waals surface area contributed by atoms with Crippen molar-refractivity contribution in [2.24, 2.45) is 0 Å². The van der Waals surface area contributed by atoms with E-state index in [-0.39, 0.29) is 0 Å². The molecule has 0 N–H and O–H groups in total. The summed E-state index contributed by atoms with van der Waals surface area (Å²) in [5.74, 6) is 0. The Labute approximate surface area is 114 Å². The summed E-state index contributed by atoms with van der Waals surface area (Å²) in [6, 6.07) is 11.6. The summed E-state index contributed by atoms with van der Waals surface area (Å²) in [4.78, 5) is 2.51. The molecule has 0 radical (unpaired) electrons. The van der Waals surface area contributed by atoms with Crippen LogP contribution in [0.1, 0.15) is 33.3 Å². The summed E-state index contributed by atoms with van der Waals surface area (Å²) < 4.78 is 5.73. The third-order valence-corrected chi connectivity index (χ3v) is 3.76. The molecule has 3 heteroatoms. The third kappa shape index (κ3) is 5.95. The van der Waals surface area contributed by atoms with E-state index in [0.717, 1.165) is 19.3 Å². The molecule has 0 aliphatic heterocycles. The zero-order valence-electron chi connectivity index (χ0n) is 12.0. The van der Waals surface area contributed by atoms with Crippen LogP contribution in [0.25, 0.3) is 0 Å². The SMILES string of the molecule is CC(C)N(CCPOCc1ccccc1)C(C)C. The van der Waals surface area contributed by atoms with Crippen LogP contribution < -0.4 is 0 Å². The van der Waals surface area contributed by atoms with Crippen molar-refractivity contribution in [2.75, 3.05) is 12.7 Å². The molecule has 1 aromatic carbocycles. The molecule has 0 aliphatic rings. The van der Waals surface area contributed by atoms with Crippen LogP contribution in [0, 0.1) is 0 Å². The van der Waals surface area contributed by atoms with E-state index in [1.54, 1.807) is 0 Å². The van der Waals surface area contributed by atoms with Gasteiger partial charge in [0.25, 0.3) is 0 Å². The Balaban J connectivity index is 2.15. The van der Waals surface area contributed by atoms with Crippen LogP contribution in [0.4, 0.5) is 0 Å². The van der Waals surface area contributed by atoms with Crippen molar-refractivity contribution in [2.45, 2.75) is 46.4 Å². The largest absolute Gasteiger partial charge is 0.358 e. The zero-order chi connectivity index (χ0) is 13.4. The van der Waals surface area contributed by atoms with Crippen molar-refractivity contribution >= 4 is 8.81 Å². The van der Waals surface area contributed by atoms with Gasteiger partial charge < -0.3 is 4.52 Å². The molecule has 0 heterocycles. The molecule has 0 saturated heterocycles. The van der Waals surface area contributed by atoms with Gasteiger partial charge >= 0.3 is 0 Å². The Hall–Kier alpha value is -0.430. The van der Waals surface area contributed by atoms with Gasteiger partial charge in [-0.3, -0.25) is 4.90 Å². The molecular formula is C15H26NOP. The van der Waals surface area contributed by atoms with Gasteiger partial charge in [0.15, 0.2) is 0 Å². The Morgan fingerprint density at radius 2 is 1.67 bits per heavy atom. The van der Waals surface area contributed by atoms with Gasteiger partial charge in [-0.05, 0) is 33.3 Å². The summed E-state index contributed by atoms with van der Waals surface area (Å²) in [7, 11) is 0.594. The number of benzene rings is 1. The monoisotopic (exact) mass is 267 g/mol. The molecule has 0 fully saturated rings. The maximum Gasteiger partial charge on any atom is 0.0756 e. The molecule has 0 aromatic heterocycles. The van der Waals surface area contributed by atoms with Crippen molar-refractivity contribution in [3.05, 3.63) is 35.9 Å². The molecule has 1 unspecified atom stereocenters. The van der Waals surface area contributed by atoms with Crippen molar-refractivity contribution in [3.63, 3.8) is 0 Å². The summed E-state index contributed by atoms with van der Waals surface area (Å²) in [5.41, 5.74) is 1.26. The number of hydrogen-bond donors (Lipinski definition) is 0. The van der Waals surface area contributed by atoms with E-state index in [4.69, 9.17) is 4.52 Å². The highest BCUT2D eigenvalue weighted by Crippen LogP contribution is 2.17. The van der Waals surface area contributed by atoms with E-state index in [2.05, 4.69) is 56.9 Å². The zero-order valence-corrected chi connectivity index (χ0v) is 13.0. The Morgan fingerprint density at radius 3 is 2.22 bits per heavy atom. The molecule has 1 rings (SSSR count). The second kappa shape index (κ2) is 8.63. The lowest BCUT2D eigenvalue weighted by atomic mass is 10.2. The minimum atomic E-state index is 0.594. The molecule has 2 nitrogen and oxygen atoms in total. The first kappa shape index (κ1) is 15.6. The molecule has 0 aliphatic carbocycles. The lowest BCUT2D eigenvalue weighted by molar-refractivity contribution is 0.185. The molecule has 1 aromatic rings. The second-order valence-corrected chi connectivity index (χ2v) is 6.17. The molecule has 0 spiro atoms. The quantitative estimate of drug-likeness (QED) is 0.523. The van der Waals surface area contributed by atoms with Crippen LogP contribution in [0.15, 0.2) is 30.3 Å². The minimum Gasteiger partial charge on any atom is -0.358 e. The van der Waals surface area contributed by atoms with Gasteiger partial charge in [-0.25, -0.2) is 0 Å². The topological polar surface area (TPSA) is 12.5 Å². The smallest absolute Gasteiger partial charge is 0.0756 e. The first-order valence-electron chi connectivity index (χ1n) is 6.75. The maximum atomic E-state index is 5.73. The highest BCUT2D eigenvalue weighted by atomic mass is 31.1. The number of nitrogens with zero attached hydrogens (tertiary/aromatic N) is 1. The predicted molar refractivity (Wildman–Crippen MR) is 81.4 cm³/mol. The highest BCUT2D eigenvalue weighted by Gasteiger charge is 2.12. The van der Waals surface area contributed by atoms with Crippen molar-refractivity contribution < 1.29 is 4.52 Å². The molecule has 18 heavy (non-hydrogen) atoms. The van der Waals surface area contributed by atoms with Gasteiger partial charge in [0.1, 0.15) is 0 Å². The second-order valence-electron chi connectivity index (χ2n) is 5.09. The van der Waals surface area contributed by atoms with Gasteiger partial charge in [-0.2, -0.15) is 0 Å². The van der Waals surface area contributed by atoms with E-state index >= 15 is 0 Å². The van der Waals surface area contributed by atoms with Gasteiger partial charge in [0.05, 0.1) is 6.61 Å². The number of hydrogen-bond acceptors (Lipinski definition) is 2. The number of rotatable bonds is 8. The maximum absolute atomic E-state index is 5.73. The normalized spacial score (nSPS) is 12.4. The summed E-state index contributed by atoms with van der Waals surface area (Å²) in [6.07, 6.45) is 1.13. The van der Waals surface area contributed by atoms with Crippen molar-refractivity contribution in [1.29, 1.82) is 0 Å². The highest BCUT2D eigenvalue weighted by molar-refractivity contribution is 7.32. The lowest BCUT2D eigenvalue weighted by Gasteiger charge is -2.30. The summed E-state index contributed by atoms with van der Waals surface area (Å²) in [5, 5.41) is 0. The fraction of sp³-hybridized carbons (Fsp3) is 0.600. The van der Waals surface area contributed by atoms with Crippen LogP contribution in [0.2, 0.25) is 0 Å². The van der Waals surface area contributed by atoms with Crippen molar-refractivity contribution in [1.82, 2.24) is 4.90 Å². The molecule has 0 amide bonds. The third-order valence-electron chi connectivity index (χ3n) is 2.98. The van der Waals surface area contributed by atoms with Gasteiger partial charge in [0, 0.05) is 33.6 Å². The van der Waals surface area contributed by atoms with Gasteiger partial charge in [0.2, 0.25) is 0 Å². The average molecular weight is 267 g/mol. The van der Waals surface area contributed by atoms with Crippen LogP contribution >= 0.6 is 8.81 Å². The van der Waals surface area contributed by atoms with E-state index in [1.807, 2.05) is 6.07 Å². The van der Waals surface area contributed by atoms with Crippen molar-refractivity contribution in [3.8, 4) is 0 Å². The van der Waals surface area contributed by atoms with E-state index in [9.17, 15) is 0 Å². The van der Waals surface area contributed by atoms with Crippen LogP contribution in [-0.2, 0) is 11.1 Å². The summed E-state index contributed by atoms with van der Waals surface area (Å²) in [6.45, 7) is 10.9. The van der Waals surface area contributed by atoms with Gasteiger partial charge in [-0.1, -0.05) is 30.3 Å². The minimum absolute atomic E-state index is 0.594. The first-order chi connectivity index (χ1) is 8.61.